The van der Waals surface area contributed by atoms with Gasteiger partial charge in [-0.3, -0.25) is 9.88 Å². The van der Waals surface area contributed by atoms with Crippen LogP contribution in [0.3, 0.4) is 0 Å². The fraction of sp³-hybridized carbons (Fsp3) is 0.727. The van der Waals surface area contributed by atoms with Gasteiger partial charge >= 0.3 is 0 Å². The average molecular weight is 241 g/mol. The van der Waals surface area contributed by atoms with Crippen molar-refractivity contribution in [3.63, 3.8) is 0 Å². The smallest absolute Gasteiger partial charge is 0.0794 e. The first-order valence-corrected chi connectivity index (χ1v) is 6.64. The first-order valence-electron chi connectivity index (χ1n) is 5.76. The molecule has 1 unspecified atom stereocenters. The topological polar surface area (TPSA) is 37.4 Å². The fourth-order valence-electron chi connectivity index (χ4n) is 1.88. The van der Waals surface area contributed by atoms with Crippen molar-refractivity contribution >= 4 is 11.3 Å². The molecule has 0 spiro atoms. The molecule has 1 aliphatic heterocycles. The predicted octanol–water partition coefficient (Wildman–Crippen LogP) is 0.953. The maximum Gasteiger partial charge on any atom is 0.0794 e. The van der Waals surface area contributed by atoms with Gasteiger partial charge in [0.1, 0.15) is 0 Å². The summed E-state index contributed by atoms with van der Waals surface area (Å²) in [6, 6.07) is 0.580. The van der Waals surface area contributed by atoms with Gasteiger partial charge in [0, 0.05) is 43.3 Å². The third kappa shape index (κ3) is 3.52. The summed E-state index contributed by atoms with van der Waals surface area (Å²) < 4.78 is 5.34. The molecule has 1 atom stereocenters. The molecule has 0 radical (unpaired) electrons. The number of morpholine rings is 1. The van der Waals surface area contributed by atoms with Crippen molar-refractivity contribution in [2.24, 2.45) is 0 Å². The van der Waals surface area contributed by atoms with E-state index < -0.39 is 0 Å². The first-order chi connectivity index (χ1) is 7.86. The van der Waals surface area contributed by atoms with Gasteiger partial charge in [-0.1, -0.05) is 0 Å². The molecule has 1 fully saturated rings. The highest BCUT2D eigenvalue weighted by Gasteiger charge is 2.16. The lowest BCUT2D eigenvalue weighted by Crippen LogP contribution is -2.46. The average Bonchev–Trinajstić information content (AvgIpc) is 2.83. The van der Waals surface area contributed by atoms with Gasteiger partial charge in [-0.15, -0.1) is 11.3 Å². The van der Waals surface area contributed by atoms with Crippen molar-refractivity contribution in [2.45, 2.75) is 19.5 Å². The number of hydrogen-bond acceptors (Lipinski definition) is 5. The molecule has 2 rings (SSSR count). The Labute approximate surface area is 101 Å². The number of aromatic nitrogens is 1. The van der Waals surface area contributed by atoms with Gasteiger partial charge in [-0.25, -0.2) is 0 Å². The molecule has 0 bridgehead atoms. The summed E-state index contributed by atoms with van der Waals surface area (Å²) in [5.74, 6) is 0. The van der Waals surface area contributed by atoms with E-state index in [1.54, 1.807) is 11.3 Å². The van der Waals surface area contributed by atoms with E-state index in [1.807, 2.05) is 11.7 Å². The van der Waals surface area contributed by atoms with Crippen LogP contribution in [0, 0.1) is 0 Å². The predicted molar refractivity (Wildman–Crippen MR) is 65.7 cm³/mol. The van der Waals surface area contributed by atoms with Gasteiger partial charge in [0.2, 0.25) is 0 Å². The van der Waals surface area contributed by atoms with E-state index in [0.29, 0.717) is 6.04 Å². The third-order valence-corrected chi connectivity index (χ3v) is 3.67. The molecule has 1 aromatic rings. The summed E-state index contributed by atoms with van der Waals surface area (Å²) in [6.45, 7) is 8.09. The van der Waals surface area contributed by atoms with Crippen LogP contribution >= 0.6 is 11.3 Å². The van der Waals surface area contributed by atoms with Crippen LogP contribution < -0.4 is 5.32 Å². The Morgan fingerprint density at radius 2 is 2.38 bits per heavy atom. The first kappa shape index (κ1) is 12.0. The van der Waals surface area contributed by atoms with E-state index in [0.717, 1.165) is 39.4 Å². The largest absolute Gasteiger partial charge is 0.379 e. The Morgan fingerprint density at radius 1 is 1.56 bits per heavy atom. The molecule has 2 heterocycles. The van der Waals surface area contributed by atoms with Gasteiger partial charge in [0.05, 0.1) is 18.7 Å². The Hall–Kier alpha value is -0.490. The Kier molecular flexibility index (Phi) is 4.71. The molecule has 0 aromatic carbocycles. The quantitative estimate of drug-likeness (QED) is 0.833. The zero-order valence-electron chi connectivity index (χ0n) is 9.69. The van der Waals surface area contributed by atoms with Crippen molar-refractivity contribution in [3.05, 3.63) is 16.6 Å². The monoisotopic (exact) mass is 241 g/mol. The lowest BCUT2D eigenvalue weighted by Gasteiger charge is -2.32. The summed E-state index contributed by atoms with van der Waals surface area (Å²) in [5.41, 5.74) is 1.88. The zero-order valence-corrected chi connectivity index (χ0v) is 10.5. The number of rotatable bonds is 5. The zero-order chi connectivity index (χ0) is 11.2. The standard InChI is InChI=1S/C11H19N3OS/c1-10(14-2-4-15-5-3-14)6-12-7-11-8-13-9-16-11/h8-10,12H,2-7H2,1H3. The highest BCUT2D eigenvalue weighted by Crippen LogP contribution is 2.05. The number of nitrogens with zero attached hydrogens (tertiary/aromatic N) is 2. The summed E-state index contributed by atoms with van der Waals surface area (Å²) in [6.07, 6.45) is 1.93. The molecule has 1 saturated heterocycles. The van der Waals surface area contributed by atoms with Crippen LogP contribution in [-0.2, 0) is 11.3 Å². The minimum atomic E-state index is 0.580. The normalized spacial score (nSPS) is 19.8. The molecule has 0 aliphatic carbocycles. The highest BCUT2D eigenvalue weighted by atomic mass is 32.1. The molecule has 1 aromatic heterocycles. The maximum absolute atomic E-state index is 5.34. The molecule has 1 N–H and O–H groups in total. The minimum absolute atomic E-state index is 0.580. The molecular weight excluding hydrogens is 222 g/mol. The summed E-state index contributed by atoms with van der Waals surface area (Å²) in [5, 5.41) is 3.47. The van der Waals surface area contributed by atoms with Gasteiger partial charge in [0.15, 0.2) is 0 Å². The van der Waals surface area contributed by atoms with Crippen molar-refractivity contribution in [2.75, 3.05) is 32.8 Å². The van der Waals surface area contributed by atoms with Crippen LogP contribution in [0.25, 0.3) is 0 Å². The molecule has 90 valence electrons. The number of nitrogens with one attached hydrogen (secondary N) is 1. The van der Waals surface area contributed by atoms with Gasteiger partial charge in [-0.05, 0) is 6.92 Å². The summed E-state index contributed by atoms with van der Waals surface area (Å²) in [4.78, 5) is 7.84. The summed E-state index contributed by atoms with van der Waals surface area (Å²) in [7, 11) is 0. The second kappa shape index (κ2) is 6.30. The van der Waals surface area contributed by atoms with Gasteiger partial charge in [0.25, 0.3) is 0 Å². The maximum atomic E-state index is 5.34. The van der Waals surface area contributed by atoms with E-state index >= 15 is 0 Å². The van der Waals surface area contributed by atoms with Crippen LogP contribution in [0.4, 0.5) is 0 Å². The lowest BCUT2D eigenvalue weighted by molar-refractivity contribution is 0.0203. The van der Waals surface area contributed by atoms with E-state index in [9.17, 15) is 0 Å². The number of ether oxygens (including phenoxy) is 1. The molecule has 0 amide bonds. The van der Waals surface area contributed by atoms with Crippen molar-refractivity contribution in [1.82, 2.24) is 15.2 Å². The van der Waals surface area contributed by atoms with Gasteiger partial charge < -0.3 is 10.1 Å². The highest BCUT2D eigenvalue weighted by molar-refractivity contribution is 7.09. The molecule has 0 saturated carbocycles. The second-order valence-corrected chi connectivity index (χ2v) is 5.07. The van der Waals surface area contributed by atoms with Gasteiger partial charge in [-0.2, -0.15) is 0 Å². The Morgan fingerprint density at radius 3 is 3.06 bits per heavy atom. The lowest BCUT2D eigenvalue weighted by atomic mass is 10.2. The molecule has 4 nitrogen and oxygen atoms in total. The SMILES string of the molecule is CC(CNCc1cncs1)N1CCOCC1. The van der Waals surface area contributed by atoms with E-state index in [4.69, 9.17) is 4.74 Å². The van der Waals surface area contributed by atoms with Crippen molar-refractivity contribution < 1.29 is 4.74 Å². The molecular formula is C11H19N3OS. The second-order valence-electron chi connectivity index (χ2n) is 4.10. The number of thiazole rings is 1. The molecule has 5 heteroatoms. The minimum Gasteiger partial charge on any atom is -0.379 e. The van der Waals surface area contributed by atoms with E-state index in [-0.39, 0.29) is 0 Å². The van der Waals surface area contributed by atoms with E-state index in [1.165, 1.54) is 4.88 Å². The fourth-order valence-corrected chi connectivity index (χ4v) is 2.45. The molecule has 1 aliphatic rings. The van der Waals surface area contributed by atoms with E-state index in [2.05, 4.69) is 22.1 Å². The van der Waals surface area contributed by atoms with Crippen molar-refractivity contribution in [1.29, 1.82) is 0 Å². The van der Waals surface area contributed by atoms with Crippen LogP contribution in [0.15, 0.2) is 11.7 Å². The van der Waals surface area contributed by atoms with Crippen LogP contribution in [0.2, 0.25) is 0 Å². The summed E-state index contributed by atoms with van der Waals surface area (Å²) >= 11 is 1.70. The Balaban J connectivity index is 1.65. The molecule has 16 heavy (non-hydrogen) atoms. The van der Waals surface area contributed by atoms with Crippen LogP contribution in [0.1, 0.15) is 11.8 Å². The van der Waals surface area contributed by atoms with Crippen LogP contribution in [0.5, 0.6) is 0 Å². The third-order valence-electron chi connectivity index (χ3n) is 2.89. The van der Waals surface area contributed by atoms with Crippen molar-refractivity contribution in [3.8, 4) is 0 Å². The Bertz CT molecular complexity index is 285. The number of hydrogen-bond donors (Lipinski definition) is 1. The van der Waals surface area contributed by atoms with Crippen LogP contribution in [-0.4, -0.2) is 48.8 Å².